The molecule has 0 saturated carbocycles. The van der Waals surface area contributed by atoms with Gasteiger partial charge in [-0.3, -0.25) is 24.0 Å². The molecule has 0 radical (unpaired) electrons. The maximum atomic E-state index is 14.6. The average Bonchev–Trinajstić information content (AvgIpc) is 3.44. The molecule has 2 unspecified atom stereocenters. The summed E-state index contributed by atoms with van der Waals surface area (Å²) in [5.74, 6) is -2.83. The molecule has 0 aromatic carbocycles. The molecule has 4 amide bonds. The first kappa shape index (κ1) is 40.8. The van der Waals surface area contributed by atoms with Crippen molar-refractivity contribution < 1.29 is 43.0 Å². The number of hydrogen-bond donors (Lipinski definition) is 3. The van der Waals surface area contributed by atoms with E-state index in [0.29, 0.717) is 32.2 Å². The minimum atomic E-state index is -1.41. The molecule has 5 atom stereocenters. The van der Waals surface area contributed by atoms with Crippen molar-refractivity contribution in [1.82, 2.24) is 20.9 Å². The highest BCUT2D eigenvalue weighted by molar-refractivity contribution is 5.93. The lowest BCUT2D eigenvalue weighted by Gasteiger charge is -2.38. The van der Waals surface area contributed by atoms with Crippen LogP contribution < -0.4 is 16.0 Å². The number of fused-ring (bicyclic) bond motifs is 1. The summed E-state index contributed by atoms with van der Waals surface area (Å²) in [4.78, 5) is 80.6. The summed E-state index contributed by atoms with van der Waals surface area (Å²) in [5, 5.41) is 8.26. The molecule has 0 bridgehead atoms. The number of carbonyl (C=O) groups is 6. The highest BCUT2D eigenvalue weighted by Crippen LogP contribution is 2.35. The normalized spacial score (nSPS) is 25.2. The van der Waals surface area contributed by atoms with Gasteiger partial charge in [-0.1, -0.05) is 72.6 Å². The third kappa shape index (κ3) is 12.9. The number of methoxy groups -OCH3 is 1. The molecule has 2 aliphatic heterocycles. The van der Waals surface area contributed by atoms with Crippen LogP contribution in [0.25, 0.3) is 0 Å². The number of hydrogen-bond acceptors (Lipinski definition) is 9. The van der Waals surface area contributed by atoms with E-state index >= 15 is 0 Å². The van der Waals surface area contributed by atoms with Gasteiger partial charge in [0, 0.05) is 13.5 Å². The van der Waals surface area contributed by atoms with E-state index in [4.69, 9.17) is 9.47 Å². The van der Waals surface area contributed by atoms with Crippen LogP contribution >= 0.6 is 0 Å². The summed E-state index contributed by atoms with van der Waals surface area (Å²) in [6.07, 6.45) is 5.58. The van der Waals surface area contributed by atoms with Crippen molar-refractivity contribution in [2.24, 2.45) is 17.3 Å². The van der Waals surface area contributed by atoms with Crippen molar-refractivity contribution in [3.05, 3.63) is 0 Å². The molecule has 13 heteroatoms. The van der Waals surface area contributed by atoms with Crippen LogP contribution in [0.15, 0.2) is 0 Å². The van der Waals surface area contributed by atoms with E-state index in [-0.39, 0.29) is 17.7 Å². The van der Waals surface area contributed by atoms with Crippen molar-refractivity contribution in [3.8, 4) is 0 Å². The quantitative estimate of drug-likeness (QED) is 0.266. The van der Waals surface area contributed by atoms with Gasteiger partial charge in [0.1, 0.15) is 24.2 Å². The van der Waals surface area contributed by atoms with Gasteiger partial charge in [0.2, 0.25) is 11.8 Å². The van der Waals surface area contributed by atoms with Crippen molar-refractivity contribution in [1.29, 1.82) is 0 Å². The van der Waals surface area contributed by atoms with Crippen LogP contribution in [0.1, 0.15) is 120 Å². The molecule has 2 fully saturated rings. The van der Waals surface area contributed by atoms with Crippen LogP contribution in [-0.2, 0) is 38.2 Å². The van der Waals surface area contributed by atoms with Gasteiger partial charge in [-0.05, 0) is 57.3 Å². The highest BCUT2D eigenvalue weighted by Gasteiger charge is 2.47. The van der Waals surface area contributed by atoms with Crippen LogP contribution in [-0.4, -0.2) is 90.7 Å². The maximum Gasteiger partial charge on any atom is 0.408 e. The van der Waals surface area contributed by atoms with Gasteiger partial charge in [-0.15, -0.1) is 0 Å². The molecule has 0 spiro atoms. The molecular formula is C35H60N4O9. The predicted octanol–water partition coefficient (Wildman–Crippen LogP) is 4.01. The Labute approximate surface area is 286 Å². The van der Waals surface area contributed by atoms with Crippen LogP contribution in [0.4, 0.5) is 4.79 Å². The molecule has 274 valence electrons. The summed E-state index contributed by atoms with van der Waals surface area (Å²) in [7, 11) is 1.19. The fourth-order valence-electron chi connectivity index (χ4n) is 6.41. The maximum absolute atomic E-state index is 14.6. The van der Waals surface area contributed by atoms with E-state index in [1.807, 2.05) is 27.7 Å². The Kier molecular flexibility index (Phi) is 15.6. The number of alkyl carbamates (subject to hydrolysis) is 1. The number of nitrogens with zero attached hydrogens (tertiary/aromatic N) is 1. The number of rotatable bonds is 7. The van der Waals surface area contributed by atoms with Gasteiger partial charge < -0.3 is 35.1 Å². The molecule has 2 rings (SSSR count). The average molecular weight is 681 g/mol. The molecular weight excluding hydrogens is 620 g/mol. The lowest BCUT2D eigenvalue weighted by molar-refractivity contribution is -0.157. The number of esters is 2. The predicted molar refractivity (Wildman–Crippen MR) is 179 cm³/mol. The van der Waals surface area contributed by atoms with Gasteiger partial charge in [0.15, 0.2) is 6.10 Å². The monoisotopic (exact) mass is 680 g/mol. The Morgan fingerprint density at radius 3 is 2.17 bits per heavy atom. The summed E-state index contributed by atoms with van der Waals surface area (Å²) < 4.78 is 15.6. The third-order valence-electron chi connectivity index (χ3n) is 9.27. The fraction of sp³-hybridized carbons (Fsp3) is 0.829. The SMILES string of the molecule is COC(=O)CNC(=O)C(OC(C)=O)[C@@H]1CCCCCCCCCC(C)(C)C(NC(=O)OC(C)(C)C)C(=O)N2C[C@H](C(C)C)C[C@H]2C(=O)N1. The second kappa shape index (κ2) is 18.4. The zero-order valence-corrected chi connectivity index (χ0v) is 30.6. The van der Waals surface area contributed by atoms with Crippen LogP contribution in [0.2, 0.25) is 0 Å². The van der Waals surface area contributed by atoms with Crippen molar-refractivity contribution in [2.45, 2.75) is 149 Å². The van der Waals surface area contributed by atoms with Crippen LogP contribution in [0, 0.1) is 17.3 Å². The summed E-state index contributed by atoms with van der Waals surface area (Å²) in [6, 6.07) is -2.77. The Morgan fingerprint density at radius 1 is 1.00 bits per heavy atom. The molecule has 2 aliphatic rings. The molecule has 2 saturated heterocycles. The van der Waals surface area contributed by atoms with Gasteiger partial charge in [-0.25, -0.2) is 4.79 Å². The largest absolute Gasteiger partial charge is 0.468 e. The first-order valence-corrected chi connectivity index (χ1v) is 17.5. The molecule has 2 heterocycles. The number of ether oxygens (including phenoxy) is 3. The first-order valence-electron chi connectivity index (χ1n) is 17.5. The number of nitrogens with one attached hydrogen (secondary N) is 3. The zero-order chi connectivity index (χ0) is 36.2. The van der Waals surface area contributed by atoms with Crippen LogP contribution in [0.5, 0.6) is 0 Å². The van der Waals surface area contributed by atoms with Crippen molar-refractivity contribution >= 4 is 35.8 Å². The van der Waals surface area contributed by atoms with Crippen molar-refractivity contribution in [3.63, 3.8) is 0 Å². The third-order valence-corrected chi connectivity index (χ3v) is 9.27. The van der Waals surface area contributed by atoms with E-state index < -0.39 is 71.6 Å². The summed E-state index contributed by atoms with van der Waals surface area (Å²) in [6.45, 7) is 14.3. The second-order valence-electron chi connectivity index (χ2n) is 15.3. The topological polar surface area (TPSA) is 169 Å². The van der Waals surface area contributed by atoms with E-state index in [1.54, 1.807) is 25.7 Å². The van der Waals surface area contributed by atoms with Crippen LogP contribution in [0.3, 0.4) is 0 Å². The van der Waals surface area contributed by atoms with Gasteiger partial charge in [-0.2, -0.15) is 0 Å². The van der Waals surface area contributed by atoms with E-state index in [1.165, 1.54) is 14.0 Å². The zero-order valence-electron chi connectivity index (χ0n) is 30.6. The molecule has 3 N–H and O–H groups in total. The molecule has 0 aromatic heterocycles. The minimum absolute atomic E-state index is 0.00616. The Bertz CT molecular complexity index is 1130. The lowest BCUT2D eigenvalue weighted by Crippen LogP contribution is -2.60. The van der Waals surface area contributed by atoms with E-state index in [2.05, 4.69) is 20.7 Å². The van der Waals surface area contributed by atoms with Gasteiger partial charge >= 0.3 is 18.0 Å². The highest BCUT2D eigenvalue weighted by atomic mass is 16.6. The van der Waals surface area contributed by atoms with Crippen molar-refractivity contribution in [2.75, 3.05) is 20.2 Å². The summed E-state index contributed by atoms with van der Waals surface area (Å²) in [5.41, 5.74) is -1.43. The number of amides is 4. The smallest absolute Gasteiger partial charge is 0.408 e. The Balaban J connectivity index is 2.54. The fourth-order valence-corrected chi connectivity index (χ4v) is 6.41. The number of carbonyl (C=O) groups excluding carboxylic acids is 6. The van der Waals surface area contributed by atoms with E-state index in [0.717, 1.165) is 38.5 Å². The second-order valence-corrected chi connectivity index (χ2v) is 15.3. The van der Waals surface area contributed by atoms with Gasteiger partial charge in [0.05, 0.1) is 13.2 Å². The molecule has 48 heavy (non-hydrogen) atoms. The molecule has 0 aromatic rings. The molecule has 0 aliphatic carbocycles. The lowest BCUT2D eigenvalue weighted by atomic mass is 9.78. The Morgan fingerprint density at radius 2 is 1.60 bits per heavy atom. The van der Waals surface area contributed by atoms with E-state index in [9.17, 15) is 28.8 Å². The minimum Gasteiger partial charge on any atom is -0.468 e. The van der Waals surface area contributed by atoms with Gasteiger partial charge in [0.25, 0.3) is 5.91 Å². The molecule has 13 nitrogen and oxygen atoms in total. The summed E-state index contributed by atoms with van der Waals surface area (Å²) >= 11 is 0. The Hall–Kier alpha value is -3.38. The standard InChI is InChI=1S/C35H60N4O9/c1-22(2)24-19-26-30(42)37-25(28(47-23(3)40)31(43)36-20-27(41)46-9)17-15-13-11-10-12-14-16-18-35(7,8)29(32(44)39(26)21-24)38-33(45)48-34(4,5)6/h22,24-26,28-29H,10-21H2,1-9H3,(H,36,43)(H,37,42)(H,38,45)/t24-,25+,26+,28?,29?/m1/s1. The first-order chi connectivity index (χ1) is 22.4.